The lowest BCUT2D eigenvalue weighted by Gasteiger charge is -2.43. The van der Waals surface area contributed by atoms with E-state index in [1.807, 2.05) is 24.4 Å². The third kappa shape index (κ3) is 5.84. The number of aryl methyl sites for hydroxylation is 1. The Morgan fingerprint density at radius 2 is 1.89 bits per heavy atom. The highest BCUT2D eigenvalue weighted by Gasteiger charge is 2.31. The number of anilines is 1. The predicted octanol–water partition coefficient (Wildman–Crippen LogP) is 5.28. The fraction of sp³-hybridized carbons (Fsp3) is 0.448. The van der Waals surface area contributed by atoms with Crippen LogP contribution in [-0.2, 0) is 17.6 Å². The number of amides is 1. The standard InChI is InChI=1S/C29H35N3O3S/c1-21-20-36-28(30-21)18-29(33)32-15-14-31(19-24(32)16-22-8-4-3-5-9-22)23-12-13-26(34-2)27(17-23)35-25-10-6-7-11-25/h3-5,8-9,12-13,17,20,24-25H,6-7,10-11,14-16,18-19H2,1-2H3. The third-order valence-corrected chi connectivity index (χ3v) is 8.16. The van der Waals surface area contributed by atoms with Gasteiger partial charge in [0.25, 0.3) is 0 Å². The molecule has 1 saturated carbocycles. The van der Waals surface area contributed by atoms with Crippen molar-refractivity contribution < 1.29 is 14.3 Å². The van der Waals surface area contributed by atoms with E-state index in [1.54, 1.807) is 18.4 Å². The number of rotatable bonds is 8. The molecule has 0 bridgehead atoms. The van der Waals surface area contributed by atoms with Crippen molar-refractivity contribution in [3.05, 3.63) is 70.2 Å². The van der Waals surface area contributed by atoms with Crippen LogP contribution in [0.2, 0.25) is 0 Å². The molecule has 0 spiro atoms. The van der Waals surface area contributed by atoms with Gasteiger partial charge in [0.1, 0.15) is 5.01 Å². The van der Waals surface area contributed by atoms with Crippen molar-refractivity contribution in [3.63, 3.8) is 0 Å². The van der Waals surface area contributed by atoms with Crippen LogP contribution in [0.25, 0.3) is 0 Å². The van der Waals surface area contributed by atoms with Crippen molar-refractivity contribution in [2.45, 2.75) is 57.6 Å². The molecule has 0 N–H and O–H groups in total. The molecular formula is C29H35N3O3S. The lowest BCUT2D eigenvalue weighted by Crippen LogP contribution is -2.56. The SMILES string of the molecule is COc1ccc(N2CCN(C(=O)Cc3nc(C)cs3)C(Cc3ccccc3)C2)cc1OC1CCCC1. The number of piperazine rings is 1. The van der Waals surface area contributed by atoms with Gasteiger partial charge in [-0.1, -0.05) is 30.3 Å². The number of methoxy groups -OCH3 is 1. The van der Waals surface area contributed by atoms with Crippen molar-refractivity contribution in [2.24, 2.45) is 0 Å². The molecular weight excluding hydrogens is 470 g/mol. The number of nitrogens with zero attached hydrogens (tertiary/aromatic N) is 3. The van der Waals surface area contributed by atoms with Gasteiger partial charge >= 0.3 is 0 Å². The first-order valence-corrected chi connectivity index (χ1v) is 13.8. The second kappa shape index (κ2) is 11.3. The Morgan fingerprint density at radius 1 is 1.08 bits per heavy atom. The van der Waals surface area contributed by atoms with E-state index in [4.69, 9.17) is 9.47 Å². The number of carbonyl (C=O) groups is 1. The van der Waals surface area contributed by atoms with Crippen LogP contribution >= 0.6 is 11.3 Å². The highest BCUT2D eigenvalue weighted by Crippen LogP contribution is 2.36. The Balaban J connectivity index is 1.35. The van der Waals surface area contributed by atoms with Gasteiger partial charge in [-0.2, -0.15) is 0 Å². The van der Waals surface area contributed by atoms with Crippen LogP contribution in [-0.4, -0.2) is 54.7 Å². The summed E-state index contributed by atoms with van der Waals surface area (Å²) in [7, 11) is 1.70. The minimum atomic E-state index is 0.0796. The number of benzene rings is 2. The first kappa shape index (κ1) is 24.6. The van der Waals surface area contributed by atoms with Crippen LogP contribution in [0.5, 0.6) is 11.5 Å². The van der Waals surface area contributed by atoms with Crippen LogP contribution in [0, 0.1) is 6.92 Å². The molecule has 1 aliphatic heterocycles. The van der Waals surface area contributed by atoms with Crippen LogP contribution in [0.4, 0.5) is 5.69 Å². The van der Waals surface area contributed by atoms with E-state index >= 15 is 0 Å². The molecule has 1 amide bonds. The van der Waals surface area contributed by atoms with Crippen LogP contribution in [0.1, 0.15) is 41.9 Å². The monoisotopic (exact) mass is 505 g/mol. The zero-order valence-corrected chi connectivity index (χ0v) is 22.0. The topological polar surface area (TPSA) is 54.9 Å². The van der Waals surface area contributed by atoms with Crippen molar-refractivity contribution >= 4 is 22.9 Å². The zero-order valence-electron chi connectivity index (χ0n) is 21.2. The van der Waals surface area contributed by atoms with Crippen molar-refractivity contribution in [1.82, 2.24) is 9.88 Å². The van der Waals surface area contributed by atoms with Gasteiger partial charge in [-0.15, -0.1) is 11.3 Å². The van der Waals surface area contributed by atoms with E-state index in [0.29, 0.717) is 13.0 Å². The molecule has 3 aromatic rings. The largest absolute Gasteiger partial charge is 0.493 e. The second-order valence-corrected chi connectivity index (χ2v) is 10.7. The normalized spacial score (nSPS) is 18.4. The van der Waals surface area contributed by atoms with Gasteiger partial charge in [-0.3, -0.25) is 4.79 Å². The first-order valence-electron chi connectivity index (χ1n) is 12.9. The number of aromatic nitrogens is 1. The minimum Gasteiger partial charge on any atom is -0.493 e. The zero-order chi connectivity index (χ0) is 24.9. The molecule has 0 radical (unpaired) electrons. The second-order valence-electron chi connectivity index (χ2n) is 9.80. The minimum absolute atomic E-state index is 0.0796. The molecule has 1 aromatic heterocycles. The summed E-state index contributed by atoms with van der Waals surface area (Å²) < 4.78 is 12.0. The van der Waals surface area contributed by atoms with Gasteiger partial charge in [0.15, 0.2) is 11.5 Å². The van der Waals surface area contributed by atoms with Gasteiger partial charge in [0.05, 0.1) is 25.7 Å². The summed E-state index contributed by atoms with van der Waals surface area (Å²) in [5, 5.41) is 2.90. The third-order valence-electron chi connectivity index (χ3n) is 7.19. The molecule has 1 aliphatic carbocycles. The molecule has 2 aliphatic rings. The average Bonchev–Trinajstić information content (AvgIpc) is 3.56. The summed E-state index contributed by atoms with van der Waals surface area (Å²) in [6, 6.07) is 16.8. The molecule has 1 unspecified atom stereocenters. The fourth-order valence-electron chi connectivity index (χ4n) is 5.33. The van der Waals surface area contributed by atoms with E-state index in [2.05, 4.69) is 51.2 Å². The van der Waals surface area contributed by atoms with Gasteiger partial charge in [-0.05, 0) is 56.7 Å². The Morgan fingerprint density at radius 3 is 2.61 bits per heavy atom. The van der Waals surface area contributed by atoms with E-state index in [1.165, 1.54) is 18.4 Å². The highest BCUT2D eigenvalue weighted by atomic mass is 32.1. The number of carbonyl (C=O) groups excluding carboxylic acids is 1. The molecule has 2 aromatic carbocycles. The Kier molecular flexibility index (Phi) is 7.75. The maximum atomic E-state index is 13.4. The predicted molar refractivity (Wildman–Crippen MR) is 144 cm³/mol. The summed E-state index contributed by atoms with van der Waals surface area (Å²) in [4.78, 5) is 22.4. The maximum absolute atomic E-state index is 13.4. The first-order chi connectivity index (χ1) is 17.6. The molecule has 5 rings (SSSR count). The summed E-state index contributed by atoms with van der Waals surface area (Å²) >= 11 is 1.57. The molecule has 7 heteroatoms. The number of thiazole rings is 1. The van der Waals surface area contributed by atoms with Crippen LogP contribution < -0.4 is 14.4 Å². The average molecular weight is 506 g/mol. The van der Waals surface area contributed by atoms with E-state index < -0.39 is 0 Å². The number of hydrogen-bond donors (Lipinski definition) is 0. The number of hydrogen-bond acceptors (Lipinski definition) is 6. The molecule has 6 nitrogen and oxygen atoms in total. The molecule has 2 fully saturated rings. The van der Waals surface area contributed by atoms with E-state index in [9.17, 15) is 4.79 Å². The number of ether oxygens (including phenoxy) is 2. The molecule has 36 heavy (non-hydrogen) atoms. The Bertz CT molecular complexity index is 1160. The highest BCUT2D eigenvalue weighted by molar-refractivity contribution is 7.09. The maximum Gasteiger partial charge on any atom is 0.229 e. The van der Waals surface area contributed by atoms with Gasteiger partial charge in [0.2, 0.25) is 5.91 Å². The van der Waals surface area contributed by atoms with Crippen molar-refractivity contribution in [1.29, 1.82) is 0 Å². The van der Waals surface area contributed by atoms with E-state index in [0.717, 1.165) is 60.2 Å². The Hall–Kier alpha value is -3.06. The quantitative estimate of drug-likeness (QED) is 0.417. The molecule has 190 valence electrons. The summed E-state index contributed by atoms with van der Waals surface area (Å²) in [5.41, 5.74) is 3.33. The molecule has 1 atom stereocenters. The van der Waals surface area contributed by atoms with Crippen molar-refractivity contribution in [2.75, 3.05) is 31.6 Å². The fourth-order valence-corrected chi connectivity index (χ4v) is 6.10. The smallest absolute Gasteiger partial charge is 0.229 e. The molecule has 1 saturated heterocycles. The van der Waals surface area contributed by atoms with Crippen LogP contribution in [0.15, 0.2) is 53.9 Å². The Labute approximate surface area is 217 Å². The van der Waals surface area contributed by atoms with Crippen LogP contribution in [0.3, 0.4) is 0 Å². The van der Waals surface area contributed by atoms with Crippen molar-refractivity contribution in [3.8, 4) is 11.5 Å². The van der Waals surface area contributed by atoms with Gasteiger partial charge in [0, 0.05) is 42.5 Å². The summed E-state index contributed by atoms with van der Waals surface area (Å²) in [6.45, 7) is 4.21. The summed E-state index contributed by atoms with van der Waals surface area (Å²) in [6.07, 6.45) is 6.11. The lowest BCUT2D eigenvalue weighted by molar-refractivity contribution is -0.133. The van der Waals surface area contributed by atoms with Gasteiger partial charge < -0.3 is 19.3 Å². The van der Waals surface area contributed by atoms with E-state index in [-0.39, 0.29) is 18.1 Å². The van der Waals surface area contributed by atoms with Gasteiger partial charge in [-0.25, -0.2) is 4.98 Å². The lowest BCUT2D eigenvalue weighted by atomic mass is 10.0. The molecule has 2 heterocycles. The summed E-state index contributed by atoms with van der Waals surface area (Å²) in [5.74, 6) is 1.75.